The molecule has 220 valence electrons. The minimum absolute atomic E-state index is 0.00966. The molecule has 7 heteroatoms. The Labute approximate surface area is 253 Å². The average molecular weight is 574 g/mol. The molecule has 3 fully saturated rings. The molecular formula is C36H39N5O2. The van der Waals surface area contributed by atoms with E-state index in [2.05, 4.69) is 84.9 Å². The molecule has 7 nitrogen and oxygen atoms in total. The van der Waals surface area contributed by atoms with Crippen LogP contribution in [-0.4, -0.2) is 57.6 Å². The third-order valence-corrected chi connectivity index (χ3v) is 9.79. The minimum Gasteiger partial charge on any atom is -0.381 e. The molecular weight excluding hydrogens is 534 g/mol. The summed E-state index contributed by atoms with van der Waals surface area (Å²) in [5.41, 5.74) is 5.26. The first-order chi connectivity index (χ1) is 20.8. The smallest absolute Gasteiger partial charge is 0.257 e. The fourth-order valence-corrected chi connectivity index (χ4v) is 7.03. The highest BCUT2D eigenvalue weighted by Crippen LogP contribution is 2.55. The first-order valence-corrected chi connectivity index (χ1v) is 15.3. The number of hydrogen-bond donors (Lipinski definition) is 1. The fourth-order valence-electron chi connectivity index (χ4n) is 7.03. The molecule has 0 bridgehead atoms. The Bertz CT molecular complexity index is 1610. The number of carbonyl (C=O) groups is 2. The summed E-state index contributed by atoms with van der Waals surface area (Å²) in [6.45, 7) is 8.43. The molecule has 2 atom stereocenters. The summed E-state index contributed by atoms with van der Waals surface area (Å²) in [6.07, 6.45) is 4.51. The van der Waals surface area contributed by atoms with Crippen LogP contribution in [0.4, 0.5) is 5.69 Å². The number of anilines is 1. The zero-order chi connectivity index (χ0) is 29.6. The van der Waals surface area contributed by atoms with E-state index < -0.39 is 0 Å². The Morgan fingerprint density at radius 2 is 1.49 bits per heavy atom. The SMILES string of the molecule is CC1(C)C[C@@H]1C(=O)N1CC2(CN(C(=O)c3cnn(Cc4ccccc4)c3)CC2c2ccc(NCc3ccccc3)cc2)C1. The van der Waals surface area contributed by atoms with Gasteiger partial charge in [0.15, 0.2) is 0 Å². The Kier molecular flexibility index (Phi) is 6.83. The lowest BCUT2D eigenvalue weighted by molar-refractivity contribution is -0.145. The van der Waals surface area contributed by atoms with Crippen LogP contribution in [0.3, 0.4) is 0 Å². The van der Waals surface area contributed by atoms with E-state index in [-0.39, 0.29) is 34.5 Å². The van der Waals surface area contributed by atoms with Crippen LogP contribution >= 0.6 is 0 Å². The topological polar surface area (TPSA) is 70.5 Å². The van der Waals surface area contributed by atoms with Crippen LogP contribution in [0.2, 0.25) is 0 Å². The van der Waals surface area contributed by atoms with Crippen LogP contribution in [-0.2, 0) is 17.9 Å². The Balaban J connectivity index is 1.08. The Hall–Kier alpha value is -4.39. The van der Waals surface area contributed by atoms with Gasteiger partial charge in [0.25, 0.3) is 5.91 Å². The average Bonchev–Trinajstić information content (AvgIpc) is 3.31. The van der Waals surface area contributed by atoms with Crippen LogP contribution in [0.15, 0.2) is 97.3 Å². The molecule has 3 heterocycles. The summed E-state index contributed by atoms with van der Waals surface area (Å²) in [4.78, 5) is 31.0. The van der Waals surface area contributed by atoms with E-state index in [1.54, 1.807) is 6.20 Å². The summed E-state index contributed by atoms with van der Waals surface area (Å²) < 4.78 is 1.83. The van der Waals surface area contributed by atoms with E-state index >= 15 is 0 Å². The maximum Gasteiger partial charge on any atom is 0.257 e. The summed E-state index contributed by atoms with van der Waals surface area (Å²) in [6, 6.07) is 29.2. The Morgan fingerprint density at radius 3 is 2.14 bits per heavy atom. The second-order valence-corrected chi connectivity index (χ2v) is 13.4. The van der Waals surface area contributed by atoms with Crippen molar-refractivity contribution in [1.29, 1.82) is 0 Å². The number of nitrogens with zero attached hydrogens (tertiary/aromatic N) is 4. The molecule has 3 aromatic carbocycles. The number of amides is 2. The predicted molar refractivity (Wildman–Crippen MR) is 168 cm³/mol. The molecule has 1 aromatic heterocycles. The fraction of sp³-hybridized carbons (Fsp3) is 0.361. The maximum absolute atomic E-state index is 13.8. The second-order valence-electron chi connectivity index (χ2n) is 13.4. The molecule has 1 N–H and O–H groups in total. The van der Waals surface area contributed by atoms with Crippen molar-refractivity contribution in [2.45, 2.75) is 39.3 Å². The van der Waals surface area contributed by atoms with Gasteiger partial charge in [0.05, 0.1) is 18.3 Å². The first kappa shape index (κ1) is 27.4. The molecule has 3 aliphatic rings. The zero-order valence-corrected chi connectivity index (χ0v) is 24.9. The van der Waals surface area contributed by atoms with Crippen LogP contribution in [0, 0.1) is 16.7 Å². The zero-order valence-electron chi connectivity index (χ0n) is 24.9. The molecule has 1 spiro atoms. The van der Waals surface area contributed by atoms with Gasteiger partial charge in [-0.2, -0.15) is 5.10 Å². The van der Waals surface area contributed by atoms with Crippen molar-refractivity contribution in [3.63, 3.8) is 0 Å². The van der Waals surface area contributed by atoms with Crippen molar-refractivity contribution >= 4 is 17.5 Å². The van der Waals surface area contributed by atoms with Gasteiger partial charge in [-0.15, -0.1) is 0 Å². The molecule has 7 rings (SSSR count). The summed E-state index contributed by atoms with van der Waals surface area (Å²) in [5.74, 6) is 0.584. The molecule has 1 unspecified atom stereocenters. The number of rotatable bonds is 8. The van der Waals surface area contributed by atoms with Crippen LogP contribution in [0.1, 0.15) is 53.2 Å². The third kappa shape index (κ3) is 5.44. The van der Waals surface area contributed by atoms with Crippen molar-refractivity contribution in [1.82, 2.24) is 19.6 Å². The first-order valence-electron chi connectivity index (χ1n) is 15.3. The van der Waals surface area contributed by atoms with Gasteiger partial charge in [0.2, 0.25) is 5.91 Å². The van der Waals surface area contributed by atoms with Crippen molar-refractivity contribution < 1.29 is 9.59 Å². The number of carbonyl (C=O) groups excluding carboxylic acids is 2. The van der Waals surface area contributed by atoms with E-state index in [4.69, 9.17) is 0 Å². The molecule has 2 aliphatic heterocycles. The van der Waals surface area contributed by atoms with E-state index in [1.807, 2.05) is 44.9 Å². The third-order valence-electron chi connectivity index (χ3n) is 9.79. The van der Waals surface area contributed by atoms with Gasteiger partial charge in [-0.25, -0.2) is 0 Å². The highest BCUT2D eigenvalue weighted by atomic mass is 16.2. The number of nitrogens with one attached hydrogen (secondary N) is 1. The Morgan fingerprint density at radius 1 is 0.860 bits per heavy atom. The predicted octanol–water partition coefficient (Wildman–Crippen LogP) is 5.66. The lowest BCUT2D eigenvalue weighted by Crippen LogP contribution is -2.62. The van der Waals surface area contributed by atoms with Gasteiger partial charge >= 0.3 is 0 Å². The van der Waals surface area contributed by atoms with Gasteiger partial charge in [-0.05, 0) is 40.7 Å². The van der Waals surface area contributed by atoms with E-state index in [0.717, 1.165) is 24.2 Å². The van der Waals surface area contributed by atoms with E-state index in [0.29, 0.717) is 38.3 Å². The summed E-state index contributed by atoms with van der Waals surface area (Å²) in [5, 5.41) is 8.00. The number of aromatic nitrogens is 2. The summed E-state index contributed by atoms with van der Waals surface area (Å²) in [7, 11) is 0. The normalized spacial score (nSPS) is 21.4. The molecule has 2 saturated heterocycles. The van der Waals surface area contributed by atoms with Crippen molar-refractivity contribution in [3.05, 3.63) is 120 Å². The number of benzene rings is 3. The summed E-state index contributed by atoms with van der Waals surface area (Å²) >= 11 is 0. The van der Waals surface area contributed by atoms with E-state index in [1.165, 1.54) is 11.1 Å². The van der Waals surface area contributed by atoms with Gasteiger partial charge < -0.3 is 15.1 Å². The standard InChI is InChI=1S/C36H39N5O2/c1-35(2)17-31(35)34(43)40-24-36(25-40)23-39(33(42)29-19-38-41(21-29)20-27-11-7-4-8-12-27)22-32(36)28-13-15-30(16-14-28)37-18-26-9-5-3-6-10-26/h3-16,19,21,31-32,37H,17-18,20,22-25H2,1-2H3/t31-,32?/m1/s1. The molecule has 2 amide bonds. The highest BCUT2D eigenvalue weighted by molar-refractivity contribution is 5.94. The molecule has 1 saturated carbocycles. The molecule has 4 aromatic rings. The highest BCUT2D eigenvalue weighted by Gasteiger charge is 2.60. The second kappa shape index (κ2) is 10.7. The van der Waals surface area contributed by atoms with Gasteiger partial charge in [-0.3, -0.25) is 14.3 Å². The number of likely N-dealkylation sites (tertiary alicyclic amines) is 2. The molecule has 1 aliphatic carbocycles. The van der Waals surface area contributed by atoms with Crippen LogP contribution in [0.5, 0.6) is 0 Å². The van der Waals surface area contributed by atoms with Gasteiger partial charge in [-0.1, -0.05) is 86.6 Å². The van der Waals surface area contributed by atoms with Crippen LogP contribution < -0.4 is 5.32 Å². The van der Waals surface area contributed by atoms with Gasteiger partial charge in [0.1, 0.15) is 0 Å². The monoisotopic (exact) mass is 573 g/mol. The van der Waals surface area contributed by atoms with Gasteiger partial charge in [0, 0.05) is 61.9 Å². The van der Waals surface area contributed by atoms with E-state index in [9.17, 15) is 9.59 Å². The largest absolute Gasteiger partial charge is 0.381 e. The lowest BCUT2D eigenvalue weighted by Gasteiger charge is -2.51. The molecule has 0 radical (unpaired) electrons. The van der Waals surface area contributed by atoms with Crippen molar-refractivity contribution in [3.8, 4) is 0 Å². The van der Waals surface area contributed by atoms with Crippen LogP contribution in [0.25, 0.3) is 0 Å². The minimum atomic E-state index is -0.136. The molecule has 43 heavy (non-hydrogen) atoms. The number of hydrogen-bond acceptors (Lipinski definition) is 4. The van der Waals surface area contributed by atoms with Crippen molar-refractivity contribution in [2.75, 3.05) is 31.5 Å². The quantitative estimate of drug-likeness (QED) is 0.296. The maximum atomic E-state index is 13.8. The van der Waals surface area contributed by atoms with Crippen molar-refractivity contribution in [2.24, 2.45) is 16.7 Å². The lowest BCUT2D eigenvalue weighted by atomic mass is 9.68.